The van der Waals surface area contributed by atoms with Gasteiger partial charge in [-0.15, -0.1) is 0 Å². The van der Waals surface area contributed by atoms with E-state index in [9.17, 15) is 4.79 Å². The molecule has 0 atom stereocenters. The Balaban J connectivity index is 1.14. The Morgan fingerprint density at radius 2 is 1.87 bits per heavy atom. The molecule has 0 radical (unpaired) electrons. The van der Waals surface area contributed by atoms with E-state index in [0.717, 1.165) is 37.2 Å². The summed E-state index contributed by atoms with van der Waals surface area (Å²) in [4.78, 5) is 19.6. The second kappa shape index (κ2) is 8.76. The summed E-state index contributed by atoms with van der Waals surface area (Å²) < 4.78 is 0. The van der Waals surface area contributed by atoms with Crippen LogP contribution in [-0.4, -0.2) is 41.5 Å². The number of hydrogen-bond donors (Lipinski definition) is 2. The number of nitrogens with one attached hydrogen (secondary N) is 2. The first kappa shape index (κ1) is 19.6. The molecule has 0 bridgehead atoms. The lowest BCUT2D eigenvalue weighted by Gasteiger charge is -2.36. The molecule has 2 heterocycles. The van der Waals surface area contributed by atoms with Crippen molar-refractivity contribution in [3.63, 3.8) is 0 Å². The third kappa shape index (κ3) is 4.67. The SMILES string of the molecule is O=C(NCc1ccc2c(c1)CCN(C1CCC1)CC2)c1ccc(NCC2CC2)nc1. The second-order valence-electron chi connectivity index (χ2n) is 9.16. The first-order valence-electron chi connectivity index (χ1n) is 11.6. The van der Waals surface area contributed by atoms with Crippen LogP contribution in [0.3, 0.4) is 0 Å². The number of fused-ring (bicyclic) bond motifs is 1. The van der Waals surface area contributed by atoms with Crippen LogP contribution in [0.25, 0.3) is 0 Å². The predicted molar refractivity (Wildman–Crippen MR) is 120 cm³/mol. The van der Waals surface area contributed by atoms with Crippen LogP contribution >= 0.6 is 0 Å². The summed E-state index contributed by atoms with van der Waals surface area (Å²) >= 11 is 0. The summed E-state index contributed by atoms with van der Waals surface area (Å²) in [6, 6.07) is 11.3. The smallest absolute Gasteiger partial charge is 0.253 e. The highest BCUT2D eigenvalue weighted by molar-refractivity contribution is 5.94. The Kier molecular flexibility index (Phi) is 5.71. The number of benzene rings is 1. The maximum absolute atomic E-state index is 12.5. The summed E-state index contributed by atoms with van der Waals surface area (Å²) in [5.41, 5.74) is 4.72. The second-order valence-corrected chi connectivity index (χ2v) is 9.16. The van der Waals surface area contributed by atoms with Gasteiger partial charge in [0.05, 0.1) is 5.56 Å². The highest BCUT2D eigenvalue weighted by Gasteiger charge is 2.26. The van der Waals surface area contributed by atoms with Crippen molar-refractivity contribution >= 4 is 11.7 Å². The van der Waals surface area contributed by atoms with E-state index in [2.05, 4.69) is 38.7 Å². The van der Waals surface area contributed by atoms with Crippen LogP contribution in [-0.2, 0) is 19.4 Å². The number of rotatable bonds is 7. The van der Waals surface area contributed by atoms with E-state index in [1.807, 2.05) is 12.1 Å². The maximum atomic E-state index is 12.5. The zero-order valence-electron chi connectivity index (χ0n) is 17.7. The largest absolute Gasteiger partial charge is 0.370 e. The lowest BCUT2D eigenvalue weighted by atomic mass is 9.91. The van der Waals surface area contributed by atoms with Gasteiger partial charge in [-0.2, -0.15) is 0 Å². The first-order valence-corrected chi connectivity index (χ1v) is 11.6. The molecule has 1 amide bonds. The fourth-order valence-electron chi connectivity index (χ4n) is 4.51. The molecule has 2 aliphatic carbocycles. The molecule has 158 valence electrons. The van der Waals surface area contributed by atoms with Gasteiger partial charge in [0.15, 0.2) is 0 Å². The minimum Gasteiger partial charge on any atom is -0.370 e. The van der Waals surface area contributed by atoms with Crippen molar-refractivity contribution in [3.05, 3.63) is 58.8 Å². The van der Waals surface area contributed by atoms with Crippen molar-refractivity contribution in [1.29, 1.82) is 0 Å². The number of carbonyl (C=O) groups excluding carboxylic acids is 1. The highest BCUT2D eigenvalue weighted by atomic mass is 16.1. The van der Waals surface area contributed by atoms with Gasteiger partial charge < -0.3 is 10.6 Å². The molecule has 2 saturated carbocycles. The van der Waals surface area contributed by atoms with Crippen LogP contribution in [0.15, 0.2) is 36.5 Å². The van der Waals surface area contributed by atoms with Crippen molar-refractivity contribution < 1.29 is 4.79 Å². The third-order valence-electron chi connectivity index (χ3n) is 6.95. The Bertz CT molecular complexity index is 887. The molecule has 1 aliphatic heterocycles. The molecule has 0 unspecified atom stereocenters. The van der Waals surface area contributed by atoms with E-state index < -0.39 is 0 Å². The van der Waals surface area contributed by atoms with Gasteiger partial charge in [-0.1, -0.05) is 24.6 Å². The monoisotopic (exact) mass is 404 g/mol. The summed E-state index contributed by atoms with van der Waals surface area (Å²) in [6.45, 7) is 3.89. The molecule has 30 heavy (non-hydrogen) atoms. The predicted octanol–water partition coefficient (Wildman–Crippen LogP) is 3.79. The summed E-state index contributed by atoms with van der Waals surface area (Å²) in [5.74, 6) is 1.58. The van der Waals surface area contributed by atoms with Crippen LogP contribution in [0.5, 0.6) is 0 Å². The topological polar surface area (TPSA) is 57.3 Å². The Morgan fingerprint density at radius 1 is 1.03 bits per heavy atom. The lowest BCUT2D eigenvalue weighted by Crippen LogP contribution is -2.41. The van der Waals surface area contributed by atoms with Gasteiger partial charge in [0.2, 0.25) is 0 Å². The molecule has 5 rings (SSSR count). The van der Waals surface area contributed by atoms with Crippen molar-refractivity contribution in [3.8, 4) is 0 Å². The zero-order chi connectivity index (χ0) is 20.3. The zero-order valence-corrected chi connectivity index (χ0v) is 17.7. The molecule has 3 aliphatic rings. The van der Waals surface area contributed by atoms with Crippen LogP contribution in [0.2, 0.25) is 0 Å². The normalized spacial score (nSPS) is 19.5. The first-order chi connectivity index (χ1) is 14.7. The molecule has 0 saturated heterocycles. The van der Waals surface area contributed by atoms with Crippen LogP contribution in [0, 0.1) is 5.92 Å². The van der Waals surface area contributed by atoms with E-state index in [0.29, 0.717) is 12.1 Å². The Labute approximate surface area is 179 Å². The van der Waals surface area contributed by atoms with Crippen molar-refractivity contribution in [1.82, 2.24) is 15.2 Å². The summed E-state index contributed by atoms with van der Waals surface area (Å²) in [7, 11) is 0. The number of anilines is 1. The minimum absolute atomic E-state index is 0.0673. The van der Waals surface area contributed by atoms with Gasteiger partial charge in [0.25, 0.3) is 5.91 Å². The highest BCUT2D eigenvalue weighted by Crippen LogP contribution is 2.29. The fourth-order valence-corrected chi connectivity index (χ4v) is 4.51. The van der Waals surface area contributed by atoms with Crippen molar-refractivity contribution in [2.24, 2.45) is 5.92 Å². The summed E-state index contributed by atoms with van der Waals surface area (Å²) in [6.07, 6.45) is 10.7. The number of carbonyl (C=O) groups is 1. The molecule has 0 spiro atoms. The van der Waals surface area contributed by atoms with Crippen LogP contribution < -0.4 is 10.6 Å². The third-order valence-corrected chi connectivity index (χ3v) is 6.95. The van der Waals surface area contributed by atoms with E-state index in [1.54, 1.807) is 6.20 Å². The minimum atomic E-state index is -0.0673. The van der Waals surface area contributed by atoms with E-state index in [1.165, 1.54) is 61.9 Å². The van der Waals surface area contributed by atoms with E-state index in [4.69, 9.17) is 0 Å². The molecule has 1 aromatic carbocycles. The van der Waals surface area contributed by atoms with Gasteiger partial charge in [-0.05, 0) is 73.3 Å². The molecule has 1 aromatic heterocycles. The quantitative estimate of drug-likeness (QED) is 0.737. The van der Waals surface area contributed by atoms with Gasteiger partial charge in [0.1, 0.15) is 5.82 Å². The maximum Gasteiger partial charge on any atom is 0.253 e. The van der Waals surface area contributed by atoms with Crippen molar-refractivity contribution in [2.75, 3.05) is 25.0 Å². The number of nitrogens with zero attached hydrogens (tertiary/aromatic N) is 2. The molecule has 5 nitrogen and oxygen atoms in total. The molecular formula is C25H32N4O. The Hall–Kier alpha value is -2.40. The van der Waals surface area contributed by atoms with E-state index in [-0.39, 0.29) is 5.91 Å². The lowest BCUT2D eigenvalue weighted by molar-refractivity contribution is 0.0950. The number of hydrogen-bond acceptors (Lipinski definition) is 4. The molecule has 2 fully saturated rings. The number of amides is 1. The van der Waals surface area contributed by atoms with Gasteiger partial charge in [-0.25, -0.2) is 4.98 Å². The fraction of sp³-hybridized carbons (Fsp3) is 0.520. The van der Waals surface area contributed by atoms with Gasteiger partial charge in [0, 0.05) is 38.4 Å². The summed E-state index contributed by atoms with van der Waals surface area (Å²) in [5, 5.41) is 6.39. The van der Waals surface area contributed by atoms with Crippen molar-refractivity contribution in [2.45, 2.75) is 57.5 Å². The average molecular weight is 405 g/mol. The molecule has 2 N–H and O–H groups in total. The van der Waals surface area contributed by atoms with E-state index >= 15 is 0 Å². The van der Waals surface area contributed by atoms with Crippen LogP contribution in [0.4, 0.5) is 5.82 Å². The average Bonchev–Trinajstić information content (AvgIpc) is 3.57. The molecule has 5 heteroatoms. The van der Waals surface area contributed by atoms with Gasteiger partial charge >= 0.3 is 0 Å². The Morgan fingerprint density at radius 3 is 2.57 bits per heavy atom. The number of pyridine rings is 1. The number of aromatic nitrogens is 1. The molecule has 2 aromatic rings. The van der Waals surface area contributed by atoms with Crippen LogP contribution in [0.1, 0.15) is 59.2 Å². The molecular weight excluding hydrogens is 372 g/mol. The van der Waals surface area contributed by atoms with Gasteiger partial charge in [-0.3, -0.25) is 9.69 Å². The standard InChI is InChI=1S/C25H32N4O/c30-25(22-8-9-24(27-17-22)26-15-18-4-5-18)28-16-19-6-7-20-10-12-29(23-2-1-3-23)13-11-21(20)14-19/h6-9,14,17-18,23H,1-5,10-13,15-16H2,(H,26,27)(H,28,30).